The number of carboxylic acid groups (broad SMARTS) is 1. The maximum Gasteiger partial charge on any atom is 0.337 e. The molecule has 0 aliphatic rings. The van der Waals surface area contributed by atoms with E-state index in [4.69, 9.17) is 9.84 Å². The van der Waals surface area contributed by atoms with Crippen molar-refractivity contribution in [2.24, 2.45) is 0 Å². The second kappa shape index (κ2) is 8.26. The highest BCUT2D eigenvalue weighted by Crippen LogP contribution is 2.22. The van der Waals surface area contributed by atoms with Crippen LogP contribution in [0.2, 0.25) is 0 Å². The summed E-state index contributed by atoms with van der Waals surface area (Å²) in [4.78, 5) is 23.0. The molecule has 6 heteroatoms. The van der Waals surface area contributed by atoms with Crippen LogP contribution in [0.1, 0.15) is 37.0 Å². The Kier molecular flexibility index (Phi) is 6.68. The van der Waals surface area contributed by atoms with Gasteiger partial charge in [0.15, 0.2) is 0 Å². The molecule has 0 aliphatic carbocycles. The lowest BCUT2D eigenvalue weighted by Crippen LogP contribution is -2.25. The molecule has 0 aromatic heterocycles. The fourth-order valence-electron chi connectivity index (χ4n) is 1.79. The number of carbonyl (C=O) groups excluding carboxylic acids is 1. The van der Waals surface area contributed by atoms with Crippen molar-refractivity contribution in [2.45, 2.75) is 32.7 Å². The number of methoxy groups -OCH3 is 1. The second-order valence-corrected chi connectivity index (χ2v) is 4.98. The van der Waals surface area contributed by atoms with Gasteiger partial charge in [-0.1, -0.05) is 13.8 Å². The van der Waals surface area contributed by atoms with Crippen LogP contribution in [0.15, 0.2) is 18.2 Å². The van der Waals surface area contributed by atoms with E-state index in [0.717, 1.165) is 6.54 Å². The van der Waals surface area contributed by atoms with Crippen molar-refractivity contribution in [1.29, 1.82) is 0 Å². The maximum absolute atomic E-state index is 11.8. The van der Waals surface area contributed by atoms with Crippen LogP contribution in [-0.4, -0.2) is 36.7 Å². The molecule has 0 bridgehead atoms. The highest BCUT2D eigenvalue weighted by Gasteiger charge is 2.13. The Bertz CT molecular complexity index is 500. The molecule has 0 fully saturated rings. The molecule has 0 atom stereocenters. The average molecular weight is 294 g/mol. The molecule has 0 radical (unpaired) electrons. The molecule has 1 rings (SSSR count). The molecule has 0 saturated heterocycles. The van der Waals surface area contributed by atoms with Crippen molar-refractivity contribution < 1.29 is 19.4 Å². The lowest BCUT2D eigenvalue weighted by Gasteiger charge is -2.11. The van der Waals surface area contributed by atoms with Gasteiger partial charge in [0.2, 0.25) is 5.91 Å². The molecule has 6 nitrogen and oxygen atoms in total. The van der Waals surface area contributed by atoms with Crippen LogP contribution < -0.4 is 15.4 Å². The normalized spacial score (nSPS) is 10.5. The topological polar surface area (TPSA) is 87.7 Å². The minimum atomic E-state index is -1.11. The van der Waals surface area contributed by atoms with Gasteiger partial charge < -0.3 is 20.5 Å². The lowest BCUT2D eigenvalue weighted by atomic mass is 10.1. The van der Waals surface area contributed by atoms with E-state index in [1.54, 1.807) is 6.07 Å². The van der Waals surface area contributed by atoms with Gasteiger partial charge in [0.25, 0.3) is 0 Å². The van der Waals surface area contributed by atoms with Crippen molar-refractivity contribution in [1.82, 2.24) is 5.32 Å². The van der Waals surface area contributed by atoms with Gasteiger partial charge in [0, 0.05) is 12.5 Å². The van der Waals surface area contributed by atoms with Crippen LogP contribution in [-0.2, 0) is 4.79 Å². The quantitative estimate of drug-likeness (QED) is 0.639. The summed E-state index contributed by atoms with van der Waals surface area (Å²) >= 11 is 0. The van der Waals surface area contributed by atoms with Gasteiger partial charge in [0.1, 0.15) is 5.75 Å². The number of amides is 1. The number of carbonyl (C=O) groups is 2. The zero-order valence-corrected chi connectivity index (χ0v) is 12.6. The van der Waals surface area contributed by atoms with Crippen molar-refractivity contribution >= 4 is 17.6 Å². The highest BCUT2D eigenvalue weighted by atomic mass is 16.5. The van der Waals surface area contributed by atoms with Crippen molar-refractivity contribution in [2.75, 3.05) is 19.0 Å². The van der Waals surface area contributed by atoms with Gasteiger partial charge >= 0.3 is 5.97 Å². The van der Waals surface area contributed by atoms with E-state index in [1.807, 2.05) is 13.8 Å². The fraction of sp³-hybridized carbons (Fsp3) is 0.467. The molecule has 1 amide bonds. The van der Waals surface area contributed by atoms with E-state index in [1.165, 1.54) is 19.2 Å². The van der Waals surface area contributed by atoms with Gasteiger partial charge in [-0.05, 0) is 31.2 Å². The van der Waals surface area contributed by atoms with E-state index in [0.29, 0.717) is 24.6 Å². The minimum Gasteiger partial charge on any atom is -0.497 e. The summed E-state index contributed by atoms with van der Waals surface area (Å²) in [6, 6.07) is 4.92. The second-order valence-electron chi connectivity index (χ2n) is 4.98. The van der Waals surface area contributed by atoms with E-state index in [2.05, 4.69) is 10.6 Å². The number of benzene rings is 1. The summed E-state index contributed by atoms with van der Waals surface area (Å²) < 4.78 is 4.98. The van der Waals surface area contributed by atoms with E-state index in [9.17, 15) is 9.59 Å². The van der Waals surface area contributed by atoms with Crippen LogP contribution in [0.3, 0.4) is 0 Å². The van der Waals surface area contributed by atoms with Crippen molar-refractivity contribution in [3.8, 4) is 5.75 Å². The first-order valence-electron chi connectivity index (χ1n) is 6.88. The molecule has 116 valence electrons. The number of aromatic carboxylic acids is 1. The van der Waals surface area contributed by atoms with Gasteiger partial charge in [-0.25, -0.2) is 4.79 Å². The van der Waals surface area contributed by atoms with Crippen LogP contribution in [0.25, 0.3) is 0 Å². The monoisotopic (exact) mass is 294 g/mol. The third kappa shape index (κ3) is 5.83. The molecular weight excluding hydrogens is 272 g/mol. The predicted octanol–water partition coefficient (Wildman–Crippen LogP) is 2.11. The van der Waals surface area contributed by atoms with Gasteiger partial charge in [-0.15, -0.1) is 0 Å². The summed E-state index contributed by atoms with van der Waals surface area (Å²) in [6.45, 7) is 4.83. The fourth-order valence-corrected chi connectivity index (χ4v) is 1.79. The number of anilines is 1. The van der Waals surface area contributed by atoms with Crippen LogP contribution in [0, 0.1) is 0 Å². The summed E-state index contributed by atoms with van der Waals surface area (Å²) in [5, 5.41) is 15.0. The van der Waals surface area contributed by atoms with E-state index in [-0.39, 0.29) is 17.2 Å². The average Bonchev–Trinajstić information content (AvgIpc) is 2.43. The maximum atomic E-state index is 11.8. The number of hydrogen-bond acceptors (Lipinski definition) is 4. The Morgan fingerprint density at radius 1 is 1.33 bits per heavy atom. The molecule has 0 spiro atoms. The van der Waals surface area contributed by atoms with Crippen LogP contribution in [0.5, 0.6) is 5.75 Å². The van der Waals surface area contributed by atoms with Gasteiger partial charge in [-0.3, -0.25) is 4.79 Å². The molecule has 3 N–H and O–H groups in total. The summed E-state index contributed by atoms with van der Waals surface area (Å²) in [5.74, 6) is -0.870. The third-order valence-corrected chi connectivity index (χ3v) is 2.86. The summed E-state index contributed by atoms with van der Waals surface area (Å²) in [6.07, 6.45) is 1.04. The van der Waals surface area contributed by atoms with Gasteiger partial charge in [0.05, 0.1) is 18.4 Å². The SMILES string of the molecule is COc1ccc(NC(=O)CCCNC(C)C)c(C(=O)O)c1. The zero-order chi connectivity index (χ0) is 15.8. The Hall–Kier alpha value is -2.08. The molecule has 0 heterocycles. The Morgan fingerprint density at radius 3 is 2.62 bits per heavy atom. The first kappa shape index (κ1) is 17.0. The van der Waals surface area contributed by atoms with Crippen molar-refractivity contribution in [3.63, 3.8) is 0 Å². The number of rotatable bonds is 8. The summed E-state index contributed by atoms with van der Waals surface area (Å²) in [5.41, 5.74) is 0.299. The molecule has 0 aliphatic heterocycles. The standard InChI is InChI=1S/C15H22N2O4/c1-10(2)16-8-4-5-14(18)17-13-7-6-11(21-3)9-12(13)15(19)20/h6-7,9-10,16H,4-5,8H2,1-3H3,(H,17,18)(H,19,20). The number of ether oxygens (including phenoxy) is 1. The third-order valence-electron chi connectivity index (χ3n) is 2.86. The molecule has 1 aromatic rings. The zero-order valence-electron chi connectivity index (χ0n) is 12.6. The Labute approximate surface area is 124 Å². The van der Waals surface area contributed by atoms with Crippen molar-refractivity contribution in [3.05, 3.63) is 23.8 Å². The Morgan fingerprint density at radius 2 is 2.05 bits per heavy atom. The van der Waals surface area contributed by atoms with Gasteiger partial charge in [-0.2, -0.15) is 0 Å². The Balaban J connectivity index is 2.61. The van der Waals surface area contributed by atoms with Crippen LogP contribution in [0.4, 0.5) is 5.69 Å². The predicted molar refractivity (Wildman–Crippen MR) is 81.0 cm³/mol. The molecular formula is C15H22N2O4. The highest BCUT2D eigenvalue weighted by molar-refractivity contribution is 6.00. The minimum absolute atomic E-state index is 0.0167. The summed E-state index contributed by atoms with van der Waals surface area (Å²) in [7, 11) is 1.46. The first-order chi connectivity index (χ1) is 9.93. The molecule has 21 heavy (non-hydrogen) atoms. The lowest BCUT2D eigenvalue weighted by molar-refractivity contribution is -0.116. The first-order valence-corrected chi connectivity index (χ1v) is 6.88. The van der Waals surface area contributed by atoms with Crippen LogP contribution >= 0.6 is 0 Å². The number of hydrogen-bond donors (Lipinski definition) is 3. The van der Waals surface area contributed by atoms with E-state index < -0.39 is 5.97 Å². The molecule has 0 unspecified atom stereocenters. The molecule has 0 saturated carbocycles. The molecule has 1 aromatic carbocycles. The smallest absolute Gasteiger partial charge is 0.337 e. The number of carboxylic acids is 1. The largest absolute Gasteiger partial charge is 0.497 e. The van der Waals surface area contributed by atoms with E-state index >= 15 is 0 Å². The number of nitrogens with one attached hydrogen (secondary N) is 2.